The van der Waals surface area contributed by atoms with Crippen molar-refractivity contribution in [2.24, 2.45) is 0 Å². The van der Waals surface area contributed by atoms with Crippen molar-refractivity contribution in [3.8, 4) is 0 Å². The fourth-order valence-corrected chi connectivity index (χ4v) is 7.54. The quantitative estimate of drug-likeness (QED) is 0.0426. The van der Waals surface area contributed by atoms with Crippen LogP contribution < -0.4 is 5.32 Å². The van der Waals surface area contributed by atoms with Crippen molar-refractivity contribution >= 4 is 5.91 Å². The van der Waals surface area contributed by atoms with Gasteiger partial charge in [0.2, 0.25) is 5.91 Å². The molecule has 0 aromatic rings. The molecule has 2 unspecified atom stereocenters. The molecule has 4 nitrogen and oxygen atoms in total. The van der Waals surface area contributed by atoms with E-state index >= 15 is 0 Å². The van der Waals surface area contributed by atoms with Crippen LogP contribution in [0.5, 0.6) is 0 Å². The molecule has 0 aliphatic carbocycles. The number of allylic oxidation sites excluding steroid dienone is 5. The van der Waals surface area contributed by atoms with Crippen molar-refractivity contribution in [2.75, 3.05) is 6.61 Å². The maximum absolute atomic E-state index is 12.4. The third-order valence-electron chi connectivity index (χ3n) is 11.3. The van der Waals surface area contributed by atoms with Gasteiger partial charge in [-0.15, -0.1) is 0 Å². The maximum Gasteiger partial charge on any atom is 0.220 e. The Hall–Kier alpha value is -1.39. The number of aliphatic hydroxyl groups excluding tert-OH is 2. The lowest BCUT2D eigenvalue weighted by molar-refractivity contribution is -0.123. The first-order valence-corrected chi connectivity index (χ1v) is 24.7. The predicted octanol–water partition coefficient (Wildman–Crippen LogP) is 15.7. The largest absolute Gasteiger partial charge is 0.394 e. The molecule has 0 aliphatic heterocycles. The SMILES string of the molecule is CCCCCCCCCCCCCC/C=C\CCCCCCCCCCC(=O)NC(CO)C(O)/C=C/CC/C=C/CCCCCCCCCCCCCCC. The summed E-state index contributed by atoms with van der Waals surface area (Å²) in [5.41, 5.74) is 0. The van der Waals surface area contributed by atoms with E-state index < -0.39 is 12.1 Å². The van der Waals surface area contributed by atoms with Crippen LogP contribution in [-0.2, 0) is 4.79 Å². The molecule has 0 saturated heterocycles. The molecule has 55 heavy (non-hydrogen) atoms. The van der Waals surface area contributed by atoms with Crippen LogP contribution in [0, 0.1) is 0 Å². The van der Waals surface area contributed by atoms with Crippen LogP contribution in [-0.4, -0.2) is 34.9 Å². The zero-order chi connectivity index (χ0) is 40.0. The molecule has 0 bridgehead atoms. The zero-order valence-corrected chi connectivity index (χ0v) is 37.2. The molecule has 0 spiro atoms. The van der Waals surface area contributed by atoms with Gasteiger partial charge in [-0.05, 0) is 57.8 Å². The molecular formula is C51H97NO3. The number of amides is 1. The van der Waals surface area contributed by atoms with Gasteiger partial charge in [0.05, 0.1) is 18.8 Å². The first-order valence-electron chi connectivity index (χ1n) is 24.7. The lowest BCUT2D eigenvalue weighted by Crippen LogP contribution is -2.45. The first-order chi connectivity index (χ1) is 27.2. The Morgan fingerprint density at radius 3 is 1.05 bits per heavy atom. The van der Waals surface area contributed by atoms with E-state index in [9.17, 15) is 15.0 Å². The number of rotatable bonds is 45. The van der Waals surface area contributed by atoms with Gasteiger partial charge >= 0.3 is 0 Å². The first kappa shape index (κ1) is 53.6. The van der Waals surface area contributed by atoms with Crippen LogP contribution in [0.15, 0.2) is 36.5 Å². The summed E-state index contributed by atoms with van der Waals surface area (Å²) in [6, 6.07) is -0.640. The van der Waals surface area contributed by atoms with Crippen molar-refractivity contribution in [3.63, 3.8) is 0 Å². The second-order valence-corrected chi connectivity index (χ2v) is 16.9. The van der Waals surface area contributed by atoms with Crippen molar-refractivity contribution in [1.29, 1.82) is 0 Å². The molecule has 2 atom stereocenters. The number of nitrogens with one attached hydrogen (secondary N) is 1. The molecule has 0 saturated carbocycles. The number of hydrogen-bond donors (Lipinski definition) is 3. The van der Waals surface area contributed by atoms with Gasteiger partial charge in [0.1, 0.15) is 0 Å². The number of hydrogen-bond acceptors (Lipinski definition) is 3. The van der Waals surface area contributed by atoms with Crippen LogP contribution >= 0.6 is 0 Å². The summed E-state index contributed by atoms with van der Waals surface area (Å²) >= 11 is 0. The van der Waals surface area contributed by atoms with E-state index in [1.807, 2.05) is 6.08 Å². The van der Waals surface area contributed by atoms with Gasteiger partial charge < -0.3 is 15.5 Å². The summed E-state index contributed by atoms with van der Waals surface area (Å²) in [4.78, 5) is 12.4. The van der Waals surface area contributed by atoms with E-state index in [1.54, 1.807) is 6.08 Å². The standard InChI is InChI=1S/C51H97NO3/c1-3-5-7-9-11-13-15-17-19-21-23-24-25-26-27-29-31-33-35-37-39-41-43-45-47-51(55)52-49(48-53)50(54)46-44-42-40-38-36-34-32-30-28-22-20-18-16-14-12-10-8-6-4-2/h26-27,36,38,44,46,49-50,53-54H,3-25,28-35,37,39-43,45,47-48H2,1-2H3,(H,52,55)/b27-26-,38-36+,46-44+. The smallest absolute Gasteiger partial charge is 0.220 e. The van der Waals surface area contributed by atoms with Crippen LogP contribution in [0.2, 0.25) is 0 Å². The third-order valence-corrected chi connectivity index (χ3v) is 11.3. The van der Waals surface area contributed by atoms with Crippen LogP contribution in [0.4, 0.5) is 0 Å². The van der Waals surface area contributed by atoms with Gasteiger partial charge in [-0.3, -0.25) is 4.79 Å². The molecule has 1 amide bonds. The minimum Gasteiger partial charge on any atom is -0.394 e. The third kappa shape index (κ3) is 43.6. The van der Waals surface area contributed by atoms with Gasteiger partial charge in [0.15, 0.2) is 0 Å². The summed E-state index contributed by atoms with van der Waals surface area (Å²) in [7, 11) is 0. The minimum absolute atomic E-state index is 0.0746. The Labute approximate surface area is 344 Å². The highest BCUT2D eigenvalue weighted by molar-refractivity contribution is 5.76. The molecule has 0 aromatic heterocycles. The molecule has 0 aliphatic rings. The monoisotopic (exact) mass is 772 g/mol. The summed E-state index contributed by atoms with van der Waals surface area (Å²) in [5, 5.41) is 23.1. The van der Waals surface area contributed by atoms with Gasteiger partial charge in [0, 0.05) is 6.42 Å². The van der Waals surface area contributed by atoms with E-state index in [1.165, 1.54) is 212 Å². The molecule has 0 aromatic carbocycles. The number of unbranched alkanes of at least 4 members (excludes halogenated alkanes) is 34. The maximum atomic E-state index is 12.4. The number of aliphatic hydroxyl groups is 2. The lowest BCUT2D eigenvalue weighted by atomic mass is 10.0. The highest BCUT2D eigenvalue weighted by Gasteiger charge is 2.17. The molecule has 0 fully saturated rings. The fraction of sp³-hybridized carbons (Fsp3) is 0.863. The predicted molar refractivity (Wildman–Crippen MR) is 244 cm³/mol. The summed E-state index contributed by atoms with van der Waals surface area (Å²) in [6.45, 7) is 4.32. The average molecular weight is 772 g/mol. The lowest BCUT2D eigenvalue weighted by Gasteiger charge is -2.19. The highest BCUT2D eigenvalue weighted by Crippen LogP contribution is 2.15. The van der Waals surface area contributed by atoms with E-state index in [-0.39, 0.29) is 12.5 Å². The van der Waals surface area contributed by atoms with Gasteiger partial charge in [-0.25, -0.2) is 0 Å². The number of carbonyl (C=O) groups excluding carboxylic acids is 1. The minimum atomic E-state index is -0.863. The Balaban J connectivity index is 3.56. The molecule has 0 heterocycles. The fourth-order valence-electron chi connectivity index (χ4n) is 7.54. The van der Waals surface area contributed by atoms with Crippen molar-refractivity contribution in [3.05, 3.63) is 36.5 Å². The molecule has 0 rings (SSSR count). The normalized spacial score (nSPS) is 13.2. The van der Waals surface area contributed by atoms with E-state index in [4.69, 9.17) is 0 Å². The van der Waals surface area contributed by atoms with E-state index in [0.717, 1.165) is 32.1 Å². The van der Waals surface area contributed by atoms with Crippen molar-refractivity contribution < 1.29 is 15.0 Å². The molecular weight excluding hydrogens is 675 g/mol. The highest BCUT2D eigenvalue weighted by atomic mass is 16.3. The van der Waals surface area contributed by atoms with Gasteiger partial charge in [0.25, 0.3) is 0 Å². The van der Waals surface area contributed by atoms with Crippen LogP contribution in [0.25, 0.3) is 0 Å². The van der Waals surface area contributed by atoms with Crippen molar-refractivity contribution in [2.45, 2.75) is 276 Å². The molecule has 324 valence electrons. The zero-order valence-electron chi connectivity index (χ0n) is 37.2. The summed E-state index contributed by atoms with van der Waals surface area (Å²) in [6.07, 6.45) is 62.8. The topological polar surface area (TPSA) is 69.6 Å². The van der Waals surface area contributed by atoms with Gasteiger partial charge in [-0.1, -0.05) is 237 Å². The Morgan fingerprint density at radius 1 is 0.418 bits per heavy atom. The van der Waals surface area contributed by atoms with Crippen LogP contribution in [0.1, 0.15) is 264 Å². The van der Waals surface area contributed by atoms with Gasteiger partial charge in [-0.2, -0.15) is 0 Å². The Kier molecular flexibility index (Phi) is 45.8. The summed E-state index contributed by atoms with van der Waals surface area (Å²) < 4.78 is 0. The summed E-state index contributed by atoms with van der Waals surface area (Å²) in [5.74, 6) is -0.0746. The van der Waals surface area contributed by atoms with Crippen molar-refractivity contribution in [1.82, 2.24) is 5.32 Å². The Morgan fingerprint density at radius 2 is 0.709 bits per heavy atom. The molecule has 3 N–H and O–H groups in total. The Bertz CT molecular complexity index is 836. The molecule has 4 heteroatoms. The van der Waals surface area contributed by atoms with Crippen LogP contribution in [0.3, 0.4) is 0 Å². The average Bonchev–Trinajstić information content (AvgIpc) is 3.19. The van der Waals surface area contributed by atoms with E-state index in [2.05, 4.69) is 43.5 Å². The second-order valence-electron chi connectivity index (χ2n) is 16.9. The molecule has 0 radical (unpaired) electrons. The second kappa shape index (κ2) is 47.0. The van der Waals surface area contributed by atoms with E-state index in [0.29, 0.717) is 6.42 Å². The number of carbonyl (C=O) groups is 1.